The van der Waals surface area contributed by atoms with E-state index >= 15 is 0 Å². The number of hydrogen-bond donors (Lipinski definition) is 7. The fourth-order valence-corrected chi connectivity index (χ4v) is 3.07. The van der Waals surface area contributed by atoms with Crippen LogP contribution >= 0.6 is 0 Å². The number of nitrogens with one attached hydrogen (secondary N) is 2. The number of urea groups is 1. The second kappa shape index (κ2) is 11.1. The summed E-state index contributed by atoms with van der Waals surface area (Å²) >= 11 is 0. The highest BCUT2D eigenvalue weighted by Crippen LogP contribution is 2.23. The van der Waals surface area contributed by atoms with E-state index in [1.54, 1.807) is 24.1 Å². The molecule has 166 valence electrons. The van der Waals surface area contributed by atoms with Crippen LogP contribution in [0.2, 0.25) is 0 Å². The zero-order valence-electron chi connectivity index (χ0n) is 17.2. The Hall–Kier alpha value is -2.43. The summed E-state index contributed by atoms with van der Waals surface area (Å²) in [5.74, 6) is 0. The quantitative estimate of drug-likeness (QED) is 0.302. The fourth-order valence-electron chi connectivity index (χ4n) is 3.07. The Morgan fingerprint density at radius 1 is 1.10 bits per heavy atom. The standard InChI is InChI=1S/C21H31N3O6/c1-13-10-15(24(2)11-17(26)19(28)20(29)18(27)12-25)8-9-16(13)23-21(30)22-14-6-4-3-5-7-14/h4,6-10,17-20,25-29H,3,5,11-12H2,1-2H3,(H2,22,23,30). The van der Waals surface area contributed by atoms with Crippen LogP contribution in [0.15, 0.2) is 42.1 Å². The molecule has 9 heteroatoms. The van der Waals surface area contributed by atoms with Gasteiger partial charge in [-0.1, -0.05) is 12.2 Å². The highest BCUT2D eigenvalue weighted by molar-refractivity contribution is 5.91. The van der Waals surface area contributed by atoms with Gasteiger partial charge in [0.2, 0.25) is 0 Å². The maximum atomic E-state index is 12.2. The predicted octanol–water partition coefficient (Wildman–Crippen LogP) is 0.223. The zero-order chi connectivity index (χ0) is 22.3. The van der Waals surface area contributed by atoms with Gasteiger partial charge in [-0.05, 0) is 49.6 Å². The lowest BCUT2D eigenvalue weighted by molar-refractivity contribution is -0.112. The predicted molar refractivity (Wildman–Crippen MR) is 114 cm³/mol. The lowest BCUT2D eigenvalue weighted by atomic mass is 10.0. The number of benzene rings is 1. The molecule has 4 atom stereocenters. The molecule has 2 rings (SSSR count). The third-order valence-electron chi connectivity index (χ3n) is 4.94. The molecule has 0 heterocycles. The molecular weight excluding hydrogens is 390 g/mol. The van der Waals surface area contributed by atoms with Crippen molar-refractivity contribution in [2.24, 2.45) is 0 Å². The lowest BCUT2D eigenvalue weighted by Crippen LogP contribution is -2.49. The first-order valence-corrected chi connectivity index (χ1v) is 9.82. The van der Waals surface area contributed by atoms with E-state index in [0.29, 0.717) is 5.69 Å². The minimum Gasteiger partial charge on any atom is -0.394 e. The van der Waals surface area contributed by atoms with E-state index in [0.717, 1.165) is 29.8 Å². The van der Waals surface area contributed by atoms with Gasteiger partial charge in [-0.25, -0.2) is 4.79 Å². The summed E-state index contributed by atoms with van der Waals surface area (Å²) in [6.45, 7) is 1.08. The van der Waals surface area contributed by atoms with Crippen LogP contribution < -0.4 is 15.5 Å². The fraction of sp³-hybridized carbons (Fsp3) is 0.476. The molecule has 1 aliphatic carbocycles. The van der Waals surface area contributed by atoms with Gasteiger partial charge in [-0.3, -0.25) is 0 Å². The van der Waals surface area contributed by atoms with Gasteiger partial charge in [0.25, 0.3) is 0 Å². The van der Waals surface area contributed by atoms with Crippen molar-refractivity contribution in [1.82, 2.24) is 5.32 Å². The molecule has 9 nitrogen and oxygen atoms in total. The van der Waals surface area contributed by atoms with Crippen molar-refractivity contribution in [3.05, 3.63) is 47.7 Å². The average Bonchev–Trinajstić information content (AvgIpc) is 2.73. The van der Waals surface area contributed by atoms with E-state index in [1.807, 2.05) is 31.2 Å². The van der Waals surface area contributed by atoms with Crippen molar-refractivity contribution >= 4 is 17.4 Å². The number of carbonyl (C=O) groups excluding carboxylic acids is 1. The van der Waals surface area contributed by atoms with E-state index in [9.17, 15) is 25.2 Å². The monoisotopic (exact) mass is 421 g/mol. The summed E-state index contributed by atoms with van der Waals surface area (Å²) in [4.78, 5) is 13.9. The summed E-state index contributed by atoms with van der Waals surface area (Å²) in [6, 6.07) is 4.96. The second-order valence-electron chi connectivity index (χ2n) is 7.40. The molecule has 0 aromatic heterocycles. The number of rotatable bonds is 9. The van der Waals surface area contributed by atoms with Crippen LogP contribution in [0, 0.1) is 6.92 Å². The van der Waals surface area contributed by atoms with Crippen LogP contribution in [0.1, 0.15) is 18.4 Å². The minimum atomic E-state index is -1.67. The molecule has 0 saturated heterocycles. The summed E-state index contributed by atoms with van der Waals surface area (Å²) in [5, 5.41) is 53.7. The van der Waals surface area contributed by atoms with E-state index < -0.39 is 31.0 Å². The molecule has 30 heavy (non-hydrogen) atoms. The normalized spacial score (nSPS) is 17.5. The number of hydrogen-bond acceptors (Lipinski definition) is 7. The molecule has 7 N–H and O–H groups in total. The van der Waals surface area contributed by atoms with E-state index in [2.05, 4.69) is 10.6 Å². The van der Waals surface area contributed by atoms with Crippen LogP contribution in [0.4, 0.5) is 16.2 Å². The van der Waals surface area contributed by atoms with E-state index in [-0.39, 0.29) is 12.6 Å². The van der Waals surface area contributed by atoms with Gasteiger partial charge in [0.05, 0.1) is 12.7 Å². The van der Waals surface area contributed by atoms with E-state index in [1.165, 1.54) is 0 Å². The largest absolute Gasteiger partial charge is 0.394 e. The average molecular weight is 421 g/mol. The van der Waals surface area contributed by atoms with Crippen LogP contribution in [0.3, 0.4) is 0 Å². The highest BCUT2D eigenvalue weighted by atomic mass is 16.4. The number of allylic oxidation sites excluding steroid dienone is 3. The molecule has 0 saturated carbocycles. The van der Waals surface area contributed by atoms with Gasteiger partial charge >= 0.3 is 6.03 Å². The van der Waals surface area contributed by atoms with E-state index in [4.69, 9.17) is 5.11 Å². The molecule has 0 aliphatic heterocycles. The third-order valence-corrected chi connectivity index (χ3v) is 4.94. The molecule has 0 fully saturated rings. The van der Waals surface area contributed by atoms with Crippen molar-refractivity contribution in [2.45, 2.75) is 44.2 Å². The summed E-state index contributed by atoms with van der Waals surface area (Å²) < 4.78 is 0. The van der Waals surface area contributed by atoms with Gasteiger partial charge < -0.3 is 41.1 Å². The van der Waals surface area contributed by atoms with Crippen molar-refractivity contribution in [3.8, 4) is 0 Å². The Bertz CT molecular complexity index is 782. The Kier molecular flexibility index (Phi) is 8.82. The number of likely N-dealkylation sites (N-methyl/N-ethyl adjacent to an activating group) is 1. The first-order chi connectivity index (χ1) is 14.2. The molecule has 4 unspecified atom stereocenters. The van der Waals surface area contributed by atoms with Gasteiger partial charge in [-0.15, -0.1) is 0 Å². The smallest absolute Gasteiger partial charge is 0.323 e. The maximum absolute atomic E-state index is 12.2. The molecule has 0 bridgehead atoms. The van der Waals surface area contributed by atoms with Crippen molar-refractivity contribution < 1.29 is 30.3 Å². The number of aliphatic hydroxyl groups is 5. The Morgan fingerprint density at radius 2 is 1.80 bits per heavy atom. The Morgan fingerprint density at radius 3 is 2.40 bits per heavy atom. The van der Waals surface area contributed by atoms with Gasteiger partial charge in [0.1, 0.15) is 18.3 Å². The van der Waals surface area contributed by atoms with Gasteiger partial charge in [0.15, 0.2) is 0 Å². The zero-order valence-corrected chi connectivity index (χ0v) is 17.2. The Balaban J connectivity index is 1.95. The number of aliphatic hydroxyl groups excluding tert-OH is 5. The van der Waals surface area contributed by atoms with Crippen molar-refractivity contribution in [3.63, 3.8) is 0 Å². The number of aryl methyl sites for hydroxylation is 1. The molecule has 0 spiro atoms. The molecule has 1 aromatic rings. The number of anilines is 2. The topological polar surface area (TPSA) is 146 Å². The third kappa shape index (κ3) is 6.54. The number of amides is 2. The van der Waals surface area contributed by atoms with Gasteiger partial charge in [-0.2, -0.15) is 0 Å². The number of carbonyl (C=O) groups is 1. The van der Waals surface area contributed by atoms with Crippen LogP contribution in [0.5, 0.6) is 0 Å². The minimum absolute atomic E-state index is 0.0242. The lowest BCUT2D eigenvalue weighted by Gasteiger charge is -2.29. The highest BCUT2D eigenvalue weighted by Gasteiger charge is 2.30. The maximum Gasteiger partial charge on any atom is 0.323 e. The molecular formula is C21H31N3O6. The summed E-state index contributed by atoms with van der Waals surface area (Å²) in [7, 11) is 1.70. The number of nitrogens with zero attached hydrogens (tertiary/aromatic N) is 1. The first-order valence-electron chi connectivity index (χ1n) is 9.82. The summed E-state index contributed by atoms with van der Waals surface area (Å²) in [6.07, 6.45) is 1.50. The molecule has 1 aromatic carbocycles. The van der Waals surface area contributed by atoms with Crippen LogP contribution in [0.25, 0.3) is 0 Å². The molecule has 2 amide bonds. The van der Waals surface area contributed by atoms with Crippen LogP contribution in [-0.4, -0.2) is 76.2 Å². The second-order valence-corrected chi connectivity index (χ2v) is 7.40. The van der Waals surface area contributed by atoms with Gasteiger partial charge in [0, 0.05) is 30.7 Å². The first kappa shape index (κ1) is 23.8. The summed E-state index contributed by atoms with van der Waals surface area (Å²) in [5.41, 5.74) is 2.91. The molecule has 0 radical (unpaired) electrons. The Labute approximate surface area is 176 Å². The van der Waals surface area contributed by atoms with Crippen LogP contribution in [-0.2, 0) is 0 Å². The van der Waals surface area contributed by atoms with Crippen molar-refractivity contribution in [2.75, 3.05) is 30.4 Å². The molecule has 1 aliphatic rings. The van der Waals surface area contributed by atoms with Crippen molar-refractivity contribution in [1.29, 1.82) is 0 Å². The SMILES string of the molecule is Cc1cc(N(C)CC(O)C(O)C(O)C(O)CO)ccc1NC(=O)NC1=CCCC=C1.